The minimum absolute atomic E-state index is 0.100. The van der Waals surface area contributed by atoms with Gasteiger partial charge in [0.1, 0.15) is 11.2 Å². The van der Waals surface area contributed by atoms with Gasteiger partial charge < -0.3 is 9.32 Å². The summed E-state index contributed by atoms with van der Waals surface area (Å²) in [5.74, 6) is 0.801. The topological polar surface area (TPSA) is 47.1 Å². The Hall–Kier alpha value is -7.24. The highest BCUT2D eigenvalue weighted by Crippen LogP contribution is 2.53. The summed E-state index contributed by atoms with van der Waals surface area (Å²) in [5, 5.41) is 5.39. The summed E-state index contributed by atoms with van der Waals surface area (Å²) < 4.78 is 9.07. The lowest BCUT2D eigenvalue weighted by Crippen LogP contribution is -2.28. The number of benzene rings is 7. The van der Waals surface area contributed by atoms with Crippen molar-refractivity contribution in [1.82, 2.24) is 14.5 Å². The van der Waals surface area contributed by atoms with Gasteiger partial charge in [-0.1, -0.05) is 146 Å². The van der Waals surface area contributed by atoms with Gasteiger partial charge in [0, 0.05) is 38.7 Å². The summed E-state index contributed by atoms with van der Waals surface area (Å²) in [5.41, 5.74) is 12.6. The molecule has 12 rings (SSSR count). The van der Waals surface area contributed by atoms with E-state index in [2.05, 4.69) is 179 Å². The standard InChI is InChI=1S/C50H32N4O/c1-3-13-31(14-4-1)32-23-25-34(26-24-32)53-42-21-11-8-17-35(42)37-27-28-40-45-43(30-29-38-36-18-9-12-22-44(36)55-49(38)45)54(48(40)47(37)53)50-51-41-20-10-7-19-39(41)46(52-50)33-15-5-2-6-16-33/h1-30,35,42H. The minimum atomic E-state index is 0.100. The Kier molecular flexibility index (Phi) is 6.39. The normalized spacial score (nSPS) is 16.2. The van der Waals surface area contributed by atoms with Crippen molar-refractivity contribution >= 4 is 66.0 Å². The zero-order valence-corrected chi connectivity index (χ0v) is 29.7. The molecule has 55 heavy (non-hydrogen) atoms. The average molecular weight is 705 g/mol. The van der Waals surface area contributed by atoms with Crippen LogP contribution in [0.15, 0.2) is 186 Å². The van der Waals surface area contributed by atoms with Crippen LogP contribution in [0.4, 0.5) is 11.4 Å². The van der Waals surface area contributed by atoms with Crippen LogP contribution >= 0.6 is 0 Å². The lowest BCUT2D eigenvalue weighted by atomic mass is 9.91. The fourth-order valence-electron chi connectivity index (χ4n) is 9.10. The second-order valence-electron chi connectivity index (χ2n) is 14.5. The Morgan fingerprint density at radius 3 is 2.05 bits per heavy atom. The highest BCUT2D eigenvalue weighted by Gasteiger charge is 2.40. The van der Waals surface area contributed by atoms with E-state index < -0.39 is 0 Å². The summed E-state index contributed by atoms with van der Waals surface area (Å²) in [6, 6.07) is 55.9. The van der Waals surface area contributed by atoms with Crippen molar-refractivity contribution in [3.8, 4) is 28.3 Å². The van der Waals surface area contributed by atoms with E-state index >= 15 is 0 Å². The van der Waals surface area contributed by atoms with E-state index in [9.17, 15) is 0 Å². The third kappa shape index (κ3) is 4.41. The molecular weight excluding hydrogens is 673 g/mol. The Morgan fingerprint density at radius 2 is 1.22 bits per heavy atom. The molecule has 10 aromatic rings. The quantitative estimate of drug-likeness (QED) is 0.183. The first-order valence-corrected chi connectivity index (χ1v) is 18.8. The van der Waals surface area contributed by atoms with Crippen molar-refractivity contribution in [2.75, 3.05) is 4.90 Å². The van der Waals surface area contributed by atoms with Crippen LogP contribution in [0.2, 0.25) is 0 Å². The number of anilines is 2. The Balaban J connectivity index is 1.21. The molecule has 2 unspecified atom stereocenters. The summed E-state index contributed by atoms with van der Waals surface area (Å²) in [7, 11) is 0. The molecule has 2 atom stereocenters. The van der Waals surface area contributed by atoms with E-state index in [0.717, 1.165) is 77.3 Å². The third-order valence-electron chi connectivity index (χ3n) is 11.5. The zero-order chi connectivity index (χ0) is 36.0. The van der Waals surface area contributed by atoms with E-state index in [-0.39, 0.29) is 12.0 Å². The van der Waals surface area contributed by atoms with Crippen LogP contribution in [0.1, 0.15) is 11.5 Å². The lowest BCUT2D eigenvalue weighted by molar-refractivity contribution is 0.673. The molecule has 7 aromatic carbocycles. The van der Waals surface area contributed by atoms with Crippen LogP contribution < -0.4 is 4.90 Å². The molecule has 3 aromatic heterocycles. The van der Waals surface area contributed by atoms with Crippen LogP contribution in [0, 0.1) is 0 Å². The van der Waals surface area contributed by atoms with Gasteiger partial charge in [-0.15, -0.1) is 0 Å². The number of fused-ring (bicyclic) bond motifs is 12. The maximum absolute atomic E-state index is 6.78. The molecule has 0 fully saturated rings. The van der Waals surface area contributed by atoms with Crippen LogP contribution in [-0.2, 0) is 0 Å². The van der Waals surface area contributed by atoms with Crippen LogP contribution in [0.25, 0.3) is 83.0 Å². The van der Waals surface area contributed by atoms with Crippen molar-refractivity contribution in [3.63, 3.8) is 0 Å². The van der Waals surface area contributed by atoms with Gasteiger partial charge in [0.05, 0.1) is 39.4 Å². The van der Waals surface area contributed by atoms with E-state index in [1.165, 1.54) is 16.7 Å². The first-order chi connectivity index (χ1) is 27.3. The van der Waals surface area contributed by atoms with Crippen molar-refractivity contribution in [1.29, 1.82) is 0 Å². The largest absolute Gasteiger partial charge is 0.455 e. The van der Waals surface area contributed by atoms with Crippen molar-refractivity contribution in [2.45, 2.75) is 12.0 Å². The van der Waals surface area contributed by atoms with Crippen LogP contribution in [0.5, 0.6) is 0 Å². The molecule has 0 saturated heterocycles. The highest BCUT2D eigenvalue weighted by atomic mass is 16.3. The highest BCUT2D eigenvalue weighted by molar-refractivity contribution is 6.26. The Bertz CT molecular complexity index is 3210. The summed E-state index contributed by atoms with van der Waals surface area (Å²) >= 11 is 0. The van der Waals surface area contributed by atoms with Gasteiger partial charge in [0.2, 0.25) is 5.95 Å². The number of nitrogens with zero attached hydrogens (tertiary/aromatic N) is 4. The van der Waals surface area contributed by atoms with E-state index in [1.807, 2.05) is 12.1 Å². The molecule has 1 aliphatic carbocycles. The number of hydrogen-bond donors (Lipinski definition) is 0. The Morgan fingerprint density at radius 1 is 0.527 bits per heavy atom. The first-order valence-electron chi connectivity index (χ1n) is 18.8. The van der Waals surface area contributed by atoms with E-state index in [4.69, 9.17) is 14.4 Å². The van der Waals surface area contributed by atoms with Crippen molar-refractivity contribution < 1.29 is 4.42 Å². The molecular formula is C50H32N4O. The summed E-state index contributed by atoms with van der Waals surface area (Å²) in [4.78, 5) is 13.4. The van der Waals surface area contributed by atoms with Crippen LogP contribution in [-0.4, -0.2) is 20.6 Å². The Labute approximate surface area is 316 Å². The van der Waals surface area contributed by atoms with E-state index in [0.29, 0.717) is 5.95 Å². The molecule has 2 aliphatic rings. The fourth-order valence-corrected chi connectivity index (χ4v) is 9.10. The predicted molar refractivity (Wildman–Crippen MR) is 225 cm³/mol. The number of allylic oxidation sites excluding steroid dienone is 2. The number of aromatic nitrogens is 3. The number of para-hydroxylation sites is 2. The van der Waals surface area contributed by atoms with Gasteiger partial charge in [-0.2, -0.15) is 0 Å². The van der Waals surface area contributed by atoms with Gasteiger partial charge in [0.25, 0.3) is 0 Å². The molecule has 0 saturated carbocycles. The maximum Gasteiger partial charge on any atom is 0.235 e. The van der Waals surface area contributed by atoms with E-state index in [1.54, 1.807) is 0 Å². The second-order valence-corrected chi connectivity index (χ2v) is 14.5. The molecule has 0 bridgehead atoms. The monoisotopic (exact) mass is 704 g/mol. The first kappa shape index (κ1) is 30.2. The van der Waals surface area contributed by atoms with Gasteiger partial charge >= 0.3 is 0 Å². The molecule has 0 spiro atoms. The molecule has 0 amide bonds. The predicted octanol–water partition coefficient (Wildman–Crippen LogP) is 12.7. The number of furan rings is 1. The molecule has 0 N–H and O–H groups in total. The summed E-state index contributed by atoms with van der Waals surface area (Å²) in [6.07, 6.45) is 9.05. The van der Waals surface area contributed by atoms with Crippen molar-refractivity contribution in [2.24, 2.45) is 0 Å². The second kappa shape index (κ2) is 11.6. The van der Waals surface area contributed by atoms with Gasteiger partial charge in [-0.05, 0) is 53.1 Å². The molecule has 5 nitrogen and oxygen atoms in total. The molecule has 0 radical (unpaired) electrons. The molecule has 258 valence electrons. The number of rotatable bonds is 4. The van der Waals surface area contributed by atoms with Gasteiger partial charge in [0.15, 0.2) is 0 Å². The third-order valence-corrected chi connectivity index (χ3v) is 11.5. The number of hydrogen-bond acceptors (Lipinski definition) is 4. The van der Waals surface area contributed by atoms with Gasteiger partial charge in [-0.25, -0.2) is 9.97 Å². The molecule has 1 aliphatic heterocycles. The summed E-state index contributed by atoms with van der Waals surface area (Å²) in [6.45, 7) is 0. The van der Waals surface area contributed by atoms with Gasteiger partial charge in [-0.3, -0.25) is 4.57 Å². The smallest absolute Gasteiger partial charge is 0.235 e. The minimum Gasteiger partial charge on any atom is -0.455 e. The zero-order valence-electron chi connectivity index (χ0n) is 29.7. The SMILES string of the molecule is C1=CC2c3ccc4c5c6oc7ccccc7c6ccc5n(-c5nc(-c6ccccc6)c6ccccc6n5)c4c3N(c3ccc(-c4ccccc4)cc3)C2C=C1. The average Bonchev–Trinajstić information content (AvgIpc) is 3.92. The van der Waals surface area contributed by atoms with Crippen molar-refractivity contribution in [3.05, 3.63) is 188 Å². The lowest BCUT2D eigenvalue weighted by Gasteiger charge is -2.29. The van der Waals surface area contributed by atoms with Crippen LogP contribution in [0.3, 0.4) is 0 Å². The molecule has 4 heterocycles. The fraction of sp³-hybridized carbons (Fsp3) is 0.0400. The maximum atomic E-state index is 6.78. The molecule has 5 heteroatoms.